The number of aryl methyl sites for hydroxylation is 1. The van der Waals surface area contributed by atoms with Crippen LogP contribution in [-0.4, -0.2) is 66.0 Å². The molecule has 220 valence electrons. The third-order valence-electron chi connectivity index (χ3n) is 7.74. The fourth-order valence-electron chi connectivity index (χ4n) is 5.47. The summed E-state index contributed by atoms with van der Waals surface area (Å²) in [4.78, 5) is 17.1. The van der Waals surface area contributed by atoms with Crippen molar-refractivity contribution in [3.05, 3.63) is 71.4 Å². The maximum atomic E-state index is 15.7. The maximum absolute atomic E-state index is 15.7. The summed E-state index contributed by atoms with van der Waals surface area (Å²) in [6.07, 6.45) is 2.87. The number of anilines is 2. The molecule has 1 atom stereocenters. The van der Waals surface area contributed by atoms with E-state index in [1.54, 1.807) is 37.6 Å². The van der Waals surface area contributed by atoms with Crippen molar-refractivity contribution in [2.75, 3.05) is 50.8 Å². The first-order valence-electron chi connectivity index (χ1n) is 14.0. The third kappa shape index (κ3) is 5.80. The monoisotopic (exact) mass is 577 g/mol. The van der Waals surface area contributed by atoms with Gasteiger partial charge in [0.15, 0.2) is 17.3 Å². The number of methoxy groups -OCH3 is 1. The number of aromatic nitrogens is 2. The highest BCUT2D eigenvalue weighted by Crippen LogP contribution is 2.41. The van der Waals surface area contributed by atoms with Gasteiger partial charge in [-0.3, -0.25) is 0 Å². The molecule has 0 saturated carbocycles. The van der Waals surface area contributed by atoms with Gasteiger partial charge < -0.3 is 29.6 Å². The summed E-state index contributed by atoms with van der Waals surface area (Å²) in [6.45, 7) is 5.59. The minimum atomic E-state index is -0.810. The smallest absolute Gasteiger partial charge is 0.223 e. The summed E-state index contributed by atoms with van der Waals surface area (Å²) in [6, 6.07) is 11.3. The van der Waals surface area contributed by atoms with Crippen LogP contribution in [0, 0.1) is 18.6 Å². The van der Waals surface area contributed by atoms with E-state index in [0.717, 1.165) is 44.6 Å². The number of aliphatic hydroxyl groups excluding tert-OH is 1. The van der Waals surface area contributed by atoms with E-state index in [2.05, 4.69) is 25.7 Å². The first-order chi connectivity index (χ1) is 20.4. The van der Waals surface area contributed by atoms with Crippen LogP contribution in [0.4, 0.5) is 20.4 Å². The Kier molecular flexibility index (Phi) is 8.05. The van der Waals surface area contributed by atoms with Gasteiger partial charge in [-0.15, -0.1) is 0 Å². The molecular formula is C31H33F2N5O4. The summed E-state index contributed by atoms with van der Waals surface area (Å²) in [5.74, 6) is -0.299. The van der Waals surface area contributed by atoms with Crippen LogP contribution in [0.3, 0.4) is 0 Å². The molecule has 0 spiro atoms. The van der Waals surface area contributed by atoms with Crippen LogP contribution in [-0.2, 0) is 4.74 Å². The van der Waals surface area contributed by atoms with Crippen molar-refractivity contribution in [2.45, 2.75) is 31.9 Å². The molecule has 4 aromatic rings. The second-order valence-electron chi connectivity index (χ2n) is 10.7. The lowest BCUT2D eigenvalue weighted by molar-refractivity contribution is 0.132. The fourth-order valence-corrected chi connectivity index (χ4v) is 5.47. The highest BCUT2D eigenvalue weighted by Gasteiger charge is 2.27. The molecule has 3 aromatic carbocycles. The number of likely N-dealkylation sites (tertiary alicyclic amines) is 1. The van der Waals surface area contributed by atoms with E-state index < -0.39 is 17.7 Å². The van der Waals surface area contributed by atoms with Gasteiger partial charge in [-0.25, -0.2) is 24.2 Å². The molecule has 1 unspecified atom stereocenters. The molecule has 1 saturated heterocycles. The molecule has 0 aliphatic carbocycles. The van der Waals surface area contributed by atoms with Gasteiger partial charge in [0, 0.05) is 49.9 Å². The Morgan fingerprint density at radius 2 is 1.95 bits per heavy atom. The van der Waals surface area contributed by atoms with E-state index in [1.165, 1.54) is 12.1 Å². The van der Waals surface area contributed by atoms with Gasteiger partial charge >= 0.3 is 0 Å². The molecule has 0 bridgehead atoms. The largest absolute Gasteiger partial charge is 0.486 e. The van der Waals surface area contributed by atoms with Crippen LogP contribution in [0.25, 0.3) is 22.0 Å². The zero-order chi connectivity index (χ0) is 29.2. The highest BCUT2D eigenvalue weighted by atomic mass is 19.1. The molecule has 0 radical (unpaired) electrons. The number of aliphatic hydroxyl groups is 1. The van der Waals surface area contributed by atoms with E-state index in [4.69, 9.17) is 14.3 Å². The molecule has 1 fully saturated rings. The SMILES string of the molecule is COCCN1CCC(Nc2ncc3cc(-c4c(F)ccc(NOc5cc(C)cc6c5OCC6O)c4F)ccc3n2)CC1. The van der Waals surface area contributed by atoms with Crippen molar-refractivity contribution in [1.82, 2.24) is 14.9 Å². The van der Waals surface area contributed by atoms with Crippen molar-refractivity contribution in [3.8, 4) is 22.6 Å². The molecule has 9 nitrogen and oxygen atoms in total. The van der Waals surface area contributed by atoms with Gasteiger partial charge in [0.05, 0.1) is 17.7 Å². The molecule has 1 aromatic heterocycles. The molecule has 2 aliphatic rings. The van der Waals surface area contributed by atoms with Crippen LogP contribution in [0.2, 0.25) is 0 Å². The van der Waals surface area contributed by atoms with Gasteiger partial charge in [0.1, 0.15) is 24.2 Å². The van der Waals surface area contributed by atoms with Crippen LogP contribution in [0.1, 0.15) is 30.1 Å². The van der Waals surface area contributed by atoms with Crippen LogP contribution in [0.15, 0.2) is 48.7 Å². The van der Waals surface area contributed by atoms with Crippen molar-refractivity contribution >= 4 is 22.5 Å². The number of nitrogens with one attached hydrogen (secondary N) is 2. The number of piperidine rings is 1. The zero-order valence-electron chi connectivity index (χ0n) is 23.5. The Morgan fingerprint density at radius 3 is 2.76 bits per heavy atom. The summed E-state index contributed by atoms with van der Waals surface area (Å²) in [5, 5.41) is 14.2. The first-order valence-corrected chi connectivity index (χ1v) is 14.0. The molecule has 11 heteroatoms. The number of halogens is 2. The van der Waals surface area contributed by atoms with Crippen molar-refractivity contribution in [3.63, 3.8) is 0 Å². The minimum Gasteiger partial charge on any atom is -0.486 e. The number of hydrogen-bond donors (Lipinski definition) is 3. The zero-order valence-corrected chi connectivity index (χ0v) is 23.5. The van der Waals surface area contributed by atoms with Crippen LogP contribution < -0.4 is 20.4 Å². The second kappa shape index (κ2) is 12.0. The lowest BCUT2D eigenvalue weighted by Crippen LogP contribution is -2.40. The molecular weight excluding hydrogens is 544 g/mol. The summed E-state index contributed by atoms with van der Waals surface area (Å²) >= 11 is 0. The van der Waals surface area contributed by atoms with Gasteiger partial charge in [-0.2, -0.15) is 0 Å². The van der Waals surface area contributed by atoms with E-state index >= 15 is 4.39 Å². The molecule has 6 rings (SSSR count). The summed E-state index contributed by atoms with van der Waals surface area (Å²) in [7, 11) is 1.71. The maximum Gasteiger partial charge on any atom is 0.223 e. The summed E-state index contributed by atoms with van der Waals surface area (Å²) in [5.41, 5.74) is 4.80. The number of ether oxygens (including phenoxy) is 2. The normalized spacial score (nSPS) is 17.2. The van der Waals surface area contributed by atoms with Crippen LogP contribution in [0.5, 0.6) is 11.5 Å². The van der Waals surface area contributed by atoms with Gasteiger partial charge in [0.25, 0.3) is 0 Å². The molecule has 3 heterocycles. The third-order valence-corrected chi connectivity index (χ3v) is 7.74. The van der Waals surface area contributed by atoms with Crippen molar-refractivity contribution in [2.24, 2.45) is 0 Å². The van der Waals surface area contributed by atoms with Gasteiger partial charge in [-0.05, 0) is 67.3 Å². The Hall–Kier alpha value is -4.06. The lowest BCUT2D eigenvalue weighted by atomic mass is 10.0. The predicted octanol–water partition coefficient (Wildman–Crippen LogP) is 5.24. The van der Waals surface area contributed by atoms with Gasteiger partial charge in [-0.1, -0.05) is 6.07 Å². The number of benzene rings is 3. The second-order valence-corrected chi connectivity index (χ2v) is 10.7. The molecule has 42 heavy (non-hydrogen) atoms. The Balaban J connectivity index is 1.17. The number of nitrogens with zero attached hydrogens (tertiary/aromatic N) is 3. The fraction of sp³-hybridized carbons (Fsp3) is 0.355. The predicted molar refractivity (Wildman–Crippen MR) is 156 cm³/mol. The summed E-state index contributed by atoms with van der Waals surface area (Å²) < 4.78 is 41.3. The average molecular weight is 578 g/mol. The molecule has 0 amide bonds. The van der Waals surface area contributed by atoms with E-state index in [-0.39, 0.29) is 23.9 Å². The topological polar surface area (TPSA) is 101 Å². The van der Waals surface area contributed by atoms with E-state index in [0.29, 0.717) is 39.5 Å². The Bertz CT molecular complexity index is 1600. The van der Waals surface area contributed by atoms with Gasteiger partial charge in [0.2, 0.25) is 5.95 Å². The number of fused-ring (bicyclic) bond motifs is 2. The Labute approximate surface area is 242 Å². The Morgan fingerprint density at radius 1 is 1.12 bits per heavy atom. The number of hydrogen-bond acceptors (Lipinski definition) is 9. The highest BCUT2D eigenvalue weighted by molar-refractivity contribution is 5.85. The quantitative estimate of drug-likeness (QED) is 0.231. The van der Waals surface area contributed by atoms with E-state index in [9.17, 15) is 9.50 Å². The number of rotatable bonds is 9. The lowest BCUT2D eigenvalue weighted by Gasteiger charge is -2.32. The first kappa shape index (κ1) is 28.1. The van der Waals surface area contributed by atoms with Crippen LogP contribution >= 0.6 is 0 Å². The standard InChI is InChI=1S/C31H33F2N5O4/c1-18-13-22-26(39)17-41-30(22)27(14-18)42-37-25-6-4-23(32)28(29(25)33)19-3-5-24-20(15-19)16-34-31(36-24)35-21-7-9-38(10-8-21)11-12-40-2/h3-6,13-16,21,26,37,39H,7-12,17H2,1-2H3,(H,34,35,36). The molecule has 2 aliphatic heterocycles. The van der Waals surface area contributed by atoms with Crippen molar-refractivity contribution < 1.29 is 28.2 Å². The minimum absolute atomic E-state index is 0.0515. The average Bonchev–Trinajstić information content (AvgIpc) is 3.36. The van der Waals surface area contributed by atoms with Crippen molar-refractivity contribution in [1.29, 1.82) is 0 Å². The molecule has 3 N–H and O–H groups in total. The van der Waals surface area contributed by atoms with E-state index in [1.807, 2.05) is 13.0 Å².